The number of carbonyl (C=O) groups excluding carboxylic acids is 2. The summed E-state index contributed by atoms with van der Waals surface area (Å²) in [5.41, 5.74) is -1.73. The quantitative estimate of drug-likeness (QED) is 0.183. The molecule has 52 heavy (non-hydrogen) atoms. The number of hydrogen-bond acceptors (Lipinski definition) is 9. The maximum absolute atomic E-state index is 15.7. The highest BCUT2D eigenvalue weighted by molar-refractivity contribution is 7.93. The number of nitrogens with one attached hydrogen (secondary N) is 1. The Morgan fingerprint density at radius 3 is 2.44 bits per heavy atom. The molecule has 0 bridgehead atoms. The first-order valence-electron chi connectivity index (χ1n) is 16.0. The minimum atomic E-state index is -5.33. The summed E-state index contributed by atoms with van der Waals surface area (Å²) in [5.74, 6) is -2.92. The van der Waals surface area contributed by atoms with E-state index in [0.29, 0.717) is 22.7 Å². The number of sulfonamides is 1. The standard InChI is InChI=1S/C35H37ClF3N3O9S/c1-40-32(45)28-18-23(44)20-42(28,2)34(26-16-21(8-6-5-7-15-43)9-13-29(26)50-4)25-17-22(36)10-12-27(25)41(33(34)46)52(47,48)31-14-11-24(49-3)19-30(31)51-35(37,38)39/h5-6,9-14,16-17,19,23,28,43-44H,7-8,15,18,20H2,1-4H3/p+1/t23-,28+,34?,42?/m1/s1. The Bertz CT molecular complexity index is 2010. The molecule has 3 N–H and O–H groups in total. The van der Waals surface area contributed by atoms with Crippen molar-refractivity contribution in [2.45, 2.75) is 48.2 Å². The summed E-state index contributed by atoms with van der Waals surface area (Å²) in [7, 11) is 0.153. The van der Waals surface area contributed by atoms with E-state index in [0.717, 1.165) is 18.2 Å². The molecule has 2 aliphatic heterocycles. The third-order valence-corrected chi connectivity index (χ3v) is 11.5. The lowest BCUT2D eigenvalue weighted by Gasteiger charge is -2.48. The molecule has 2 amide bonds. The molecule has 2 aliphatic rings. The van der Waals surface area contributed by atoms with E-state index in [1.165, 1.54) is 46.5 Å². The van der Waals surface area contributed by atoms with Crippen molar-refractivity contribution in [1.29, 1.82) is 0 Å². The zero-order chi connectivity index (χ0) is 38.2. The number of rotatable bonds is 12. The number of benzene rings is 3. The van der Waals surface area contributed by atoms with Crippen LogP contribution in [0.25, 0.3) is 0 Å². The lowest BCUT2D eigenvalue weighted by molar-refractivity contribution is -0.953. The Morgan fingerprint density at radius 2 is 1.81 bits per heavy atom. The Kier molecular flexibility index (Phi) is 10.9. The van der Waals surface area contributed by atoms with Gasteiger partial charge in [-0.05, 0) is 60.9 Å². The normalized spacial score (nSPS) is 23.2. The van der Waals surface area contributed by atoms with Crippen LogP contribution in [0.5, 0.6) is 17.2 Å². The van der Waals surface area contributed by atoms with Crippen molar-refractivity contribution >= 4 is 39.1 Å². The van der Waals surface area contributed by atoms with E-state index in [2.05, 4.69) is 10.1 Å². The fourth-order valence-corrected chi connectivity index (χ4v) is 9.09. The zero-order valence-electron chi connectivity index (χ0n) is 28.6. The van der Waals surface area contributed by atoms with Gasteiger partial charge in [0.05, 0.1) is 38.1 Å². The van der Waals surface area contributed by atoms with E-state index < -0.39 is 61.0 Å². The summed E-state index contributed by atoms with van der Waals surface area (Å²) in [4.78, 5) is 28.3. The molecular formula is C35H38ClF3N3O9S+. The summed E-state index contributed by atoms with van der Waals surface area (Å²) in [6, 6.07) is 10.4. The maximum Gasteiger partial charge on any atom is 0.573 e. The van der Waals surface area contributed by atoms with Crippen LogP contribution in [-0.4, -0.2) is 94.9 Å². The number of alkyl halides is 3. The Balaban J connectivity index is 1.90. The Labute approximate surface area is 303 Å². The average Bonchev–Trinajstić information content (AvgIpc) is 3.55. The highest BCUT2D eigenvalue weighted by Gasteiger charge is 2.72. The number of ether oxygens (including phenoxy) is 3. The number of carbonyl (C=O) groups is 2. The third kappa shape index (κ3) is 6.58. The molecule has 2 unspecified atom stereocenters. The van der Waals surface area contributed by atoms with Crippen molar-refractivity contribution in [1.82, 2.24) is 5.32 Å². The predicted molar refractivity (Wildman–Crippen MR) is 184 cm³/mol. The number of nitrogens with zero attached hydrogens (tertiary/aromatic N) is 2. The maximum atomic E-state index is 15.7. The second-order valence-electron chi connectivity index (χ2n) is 12.5. The molecule has 1 saturated heterocycles. The molecular weight excluding hydrogens is 731 g/mol. The van der Waals surface area contributed by atoms with Crippen LogP contribution >= 0.6 is 11.6 Å². The fraction of sp³-hybridized carbons (Fsp3) is 0.371. The summed E-state index contributed by atoms with van der Waals surface area (Å²) in [5, 5.41) is 23.1. The second-order valence-corrected chi connectivity index (χ2v) is 14.7. The Morgan fingerprint density at radius 1 is 1.08 bits per heavy atom. The number of amides is 2. The molecule has 0 aliphatic carbocycles. The number of aliphatic hydroxyl groups is 2. The van der Waals surface area contributed by atoms with Gasteiger partial charge >= 0.3 is 12.3 Å². The van der Waals surface area contributed by atoms with Crippen LogP contribution < -0.4 is 23.8 Å². The monoisotopic (exact) mass is 768 g/mol. The molecule has 3 aromatic carbocycles. The molecule has 3 aromatic rings. The van der Waals surface area contributed by atoms with Gasteiger partial charge in [-0.15, -0.1) is 13.2 Å². The summed E-state index contributed by atoms with van der Waals surface area (Å²) in [6.45, 7) is -0.314. The van der Waals surface area contributed by atoms with Crippen LogP contribution in [0, 0.1) is 0 Å². The van der Waals surface area contributed by atoms with Crippen LogP contribution in [0.1, 0.15) is 29.5 Å². The molecule has 5 rings (SSSR count). The van der Waals surface area contributed by atoms with Gasteiger partial charge in [0.15, 0.2) is 11.8 Å². The number of hydrogen-bond donors (Lipinski definition) is 3. The minimum Gasteiger partial charge on any atom is -0.497 e. The molecule has 0 aromatic heterocycles. The lowest BCUT2D eigenvalue weighted by atomic mass is 9.78. The van der Waals surface area contributed by atoms with Crippen LogP contribution in [0.4, 0.5) is 18.9 Å². The number of fused-ring (bicyclic) bond motifs is 1. The van der Waals surface area contributed by atoms with Crippen molar-refractivity contribution in [3.8, 4) is 17.2 Å². The topological polar surface area (TPSA) is 152 Å². The van der Waals surface area contributed by atoms with Crippen molar-refractivity contribution in [3.05, 3.63) is 88.5 Å². The number of methoxy groups -OCH3 is 2. The second kappa shape index (κ2) is 14.6. The molecule has 280 valence electrons. The van der Waals surface area contributed by atoms with Gasteiger partial charge in [-0.2, -0.15) is 4.31 Å². The largest absolute Gasteiger partial charge is 0.573 e. The SMILES string of the molecule is CNC(=O)[C@@H]1C[C@@H](O)C[N+]1(C)C1(c2cc(CC=CCCO)ccc2OC)C(=O)N(S(=O)(=O)c2ccc(OC)cc2OC(F)(F)F)c2ccc(Cl)cc21. The highest BCUT2D eigenvalue weighted by atomic mass is 35.5. The van der Waals surface area contributed by atoms with E-state index in [1.807, 2.05) is 0 Å². The Hall–Kier alpha value is -4.35. The van der Waals surface area contributed by atoms with Gasteiger partial charge < -0.3 is 29.7 Å². The zero-order valence-corrected chi connectivity index (χ0v) is 30.2. The van der Waals surface area contributed by atoms with Gasteiger partial charge in [0.25, 0.3) is 15.9 Å². The van der Waals surface area contributed by atoms with Crippen LogP contribution in [0.2, 0.25) is 5.02 Å². The van der Waals surface area contributed by atoms with Gasteiger partial charge in [-0.25, -0.2) is 8.42 Å². The van der Waals surface area contributed by atoms with Crippen LogP contribution in [0.3, 0.4) is 0 Å². The van der Waals surface area contributed by atoms with Crippen molar-refractivity contribution in [2.75, 3.05) is 45.8 Å². The minimum absolute atomic E-state index is 0.00264. The van der Waals surface area contributed by atoms with E-state index in [1.54, 1.807) is 30.4 Å². The fourth-order valence-electron chi connectivity index (χ4n) is 7.36. The van der Waals surface area contributed by atoms with Crippen LogP contribution in [0.15, 0.2) is 71.6 Å². The number of allylic oxidation sites excluding steroid dienone is 1. The number of halogens is 4. The number of aliphatic hydroxyl groups excluding tert-OH is 2. The molecule has 2 heterocycles. The van der Waals surface area contributed by atoms with Crippen molar-refractivity contribution in [3.63, 3.8) is 0 Å². The third-order valence-electron chi connectivity index (χ3n) is 9.51. The molecule has 1 fully saturated rings. The first-order valence-corrected chi connectivity index (χ1v) is 17.8. The summed E-state index contributed by atoms with van der Waals surface area (Å²) < 4.78 is 85.4. The van der Waals surface area contributed by atoms with Gasteiger partial charge in [-0.3, -0.25) is 14.1 Å². The lowest BCUT2D eigenvalue weighted by Crippen LogP contribution is -2.69. The van der Waals surface area contributed by atoms with E-state index >= 15 is 4.79 Å². The smallest absolute Gasteiger partial charge is 0.497 e. The van der Waals surface area contributed by atoms with Crippen LogP contribution in [-0.2, 0) is 31.6 Å². The predicted octanol–water partition coefficient (Wildman–Crippen LogP) is 4.04. The number of likely N-dealkylation sites (N-methyl/N-ethyl adjacent to an activating group) is 2. The van der Waals surface area contributed by atoms with E-state index in [4.69, 9.17) is 21.1 Å². The molecule has 0 spiro atoms. The van der Waals surface area contributed by atoms with Crippen molar-refractivity contribution in [2.24, 2.45) is 0 Å². The summed E-state index contributed by atoms with van der Waals surface area (Å²) >= 11 is 6.57. The summed E-state index contributed by atoms with van der Waals surface area (Å²) in [6.07, 6.45) is -2.36. The van der Waals surface area contributed by atoms with Gasteiger partial charge in [-0.1, -0.05) is 29.8 Å². The van der Waals surface area contributed by atoms with Gasteiger partial charge in [0.1, 0.15) is 29.0 Å². The molecule has 17 heteroatoms. The number of anilines is 1. The van der Waals surface area contributed by atoms with E-state index in [9.17, 15) is 36.6 Å². The molecule has 4 atom stereocenters. The molecule has 0 saturated carbocycles. The molecule has 0 radical (unpaired) electrons. The number of quaternary nitrogens is 1. The average molecular weight is 769 g/mol. The highest BCUT2D eigenvalue weighted by Crippen LogP contribution is 2.58. The van der Waals surface area contributed by atoms with Crippen molar-refractivity contribution < 1.29 is 60.1 Å². The number of likely N-dealkylation sites (tertiary alicyclic amines) is 1. The first kappa shape index (κ1) is 38.9. The first-order chi connectivity index (χ1) is 24.5. The van der Waals surface area contributed by atoms with E-state index in [-0.39, 0.29) is 52.9 Å². The molecule has 12 nitrogen and oxygen atoms in total. The van der Waals surface area contributed by atoms with Gasteiger partial charge in [0, 0.05) is 31.2 Å². The van der Waals surface area contributed by atoms with Gasteiger partial charge in [0.2, 0.25) is 5.54 Å².